The van der Waals surface area contributed by atoms with Crippen molar-refractivity contribution >= 4 is 31.9 Å². The number of unbranched alkanes of at least 4 members (excludes halogenated alkanes) is 1. The minimum atomic E-state index is 0.599. The molecule has 0 saturated carbocycles. The summed E-state index contributed by atoms with van der Waals surface area (Å²) in [5.41, 5.74) is 1.20. The second kappa shape index (κ2) is 10.6. The monoisotopic (exact) mass is 419 g/mol. The molecule has 0 aliphatic heterocycles. The van der Waals surface area contributed by atoms with Crippen LogP contribution in [-0.2, 0) is 6.54 Å². The maximum absolute atomic E-state index is 5.79. The van der Waals surface area contributed by atoms with Gasteiger partial charge in [-0.25, -0.2) is 0 Å². The molecule has 0 aromatic heterocycles. The van der Waals surface area contributed by atoms with Crippen molar-refractivity contribution in [1.29, 1.82) is 0 Å². The average Bonchev–Trinajstić information content (AvgIpc) is 2.45. The molecule has 120 valence electrons. The zero-order valence-electron chi connectivity index (χ0n) is 13.3. The van der Waals surface area contributed by atoms with Crippen LogP contribution in [0.1, 0.15) is 58.4 Å². The number of nitrogens with one attached hydrogen (secondary N) is 1. The summed E-state index contributed by atoms with van der Waals surface area (Å²) in [7, 11) is 0. The van der Waals surface area contributed by atoms with Crippen molar-refractivity contribution < 1.29 is 4.74 Å². The van der Waals surface area contributed by atoms with Gasteiger partial charge in [0.25, 0.3) is 0 Å². The van der Waals surface area contributed by atoms with Crippen molar-refractivity contribution in [3.05, 3.63) is 26.6 Å². The van der Waals surface area contributed by atoms with Gasteiger partial charge in [0, 0.05) is 22.6 Å². The number of benzene rings is 1. The van der Waals surface area contributed by atoms with E-state index in [1.807, 2.05) is 13.0 Å². The number of hydrogen-bond donors (Lipinski definition) is 1. The molecule has 21 heavy (non-hydrogen) atoms. The third kappa shape index (κ3) is 6.70. The van der Waals surface area contributed by atoms with Gasteiger partial charge in [-0.2, -0.15) is 0 Å². The number of hydrogen-bond acceptors (Lipinski definition) is 2. The Kier molecular flexibility index (Phi) is 9.61. The molecule has 4 heteroatoms. The second-order valence-corrected chi connectivity index (χ2v) is 7.09. The number of ether oxygens (including phenoxy) is 1. The van der Waals surface area contributed by atoms with Crippen LogP contribution in [0.2, 0.25) is 0 Å². The summed E-state index contributed by atoms with van der Waals surface area (Å²) < 4.78 is 7.88. The van der Waals surface area contributed by atoms with Gasteiger partial charge in [0.05, 0.1) is 11.1 Å². The molecule has 1 unspecified atom stereocenters. The van der Waals surface area contributed by atoms with Crippen molar-refractivity contribution in [2.24, 2.45) is 0 Å². The Morgan fingerprint density at radius 3 is 2.48 bits per heavy atom. The van der Waals surface area contributed by atoms with Crippen molar-refractivity contribution in [1.82, 2.24) is 5.32 Å². The van der Waals surface area contributed by atoms with Gasteiger partial charge in [0.2, 0.25) is 0 Å². The molecule has 1 rings (SSSR count). The summed E-state index contributed by atoms with van der Waals surface area (Å²) in [6, 6.07) is 4.78. The Labute approximate surface area is 146 Å². The molecule has 0 aliphatic rings. The highest BCUT2D eigenvalue weighted by Gasteiger charge is 2.12. The van der Waals surface area contributed by atoms with Crippen molar-refractivity contribution in [2.75, 3.05) is 6.61 Å². The van der Waals surface area contributed by atoms with Gasteiger partial charge >= 0.3 is 0 Å². The summed E-state index contributed by atoms with van der Waals surface area (Å²) in [6.07, 6.45) is 6.26. The Morgan fingerprint density at radius 2 is 1.86 bits per heavy atom. The van der Waals surface area contributed by atoms with Gasteiger partial charge in [0.15, 0.2) is 0 Å². The van der Waals surface area contributed by atoms with Crippen LogP contribution in [0.3, 0.4) is 0 Å². The normalized spacial score (nSPS) is 12.4. The predicted molar refractivity (Wildman–Crippen MR) is 98.1 cm³/mol. The zero-order chi connectivity index (χ0) is 15.7. The Hall–Kier alpha value is -0.0600. The lowest BCUT2D eigenvalue weighted by Crippen LogP contribution is -2.28. The van der Waals surface area contributed by atoms with Gasteiger partial charge in [-0.05, 0) is 47.8 Å². The summed E-state index contributed by atoms with van der Waals surface area (Å²) >= 11 is 7.16. The van der Waals surface area contributed by atoms with Gasteiger partial charge in [0.1, 0.15) is 5.75 Å². The molecule has 0 heterocycles. The first kappa shape index (κ1) is 19.0. The predicted octanol–water partition coefficient (Wildman–Crippen LogP) is 6.06. The molecule has 2 nitrogen and oxygen atoms in total. The summed E-state index contributed by atoms with van der Waals surface area (Å²) in [5.74, 6) is 0.957. The second-order valence-electron chi connectivity index (χ2n) is 5.32. The van der Waals surface area contributed by atoms with E-state index in [1.54, 1.807) is 0 Å². The van der Waals surface area contributed by atoms with Crippen LogP contribution >= 0.6 is 31.9 Å². The molecule has 0 saturated heterocycles. The molecule has 0 fully saturated rings. The van der Waals surface area contributed by atoms with Crippen LogP contribution in [0.15, 0.2) is 21.1 Å². The summed E-state index contributed by atoms with van der Waals surface area (Å²) in [4.78, 5) is 0. The van der Waals surface area contributed by atoms with E-state index in [4.69, 9.17) is 4.74 Å². The Morgan fingerprint density at radius 1 is 1.10 bits per heavy atom. The van der Waals surface area contributed by atoms with Gasteiger partial charge in [-0.15, -0.1) is 0 Å². The SMILES string of the molecule is CCCCC(CCC)NCc1cc(Br)cc(Br)c1OCC. The van der Waals surface area contributed by atoms with E-state index in [0.717, 1.165) is 21.2 Å². The lowest BCUT2D eigenvalue weighted by molar-refractivity contribution is 0.331. The van der Waals surface area contributed by atoms with Crippen molar-refractivity contribution in [3.8, 4) is 5.75 Å². The molecule has 1 N–H and O–H groups in total. The molecule has 1 aromatic carbocycles. The van der Waals surface area contributed by atoms with Gasteiger partial charge in [-0.3, -0.25) is 0 Å². The van der Waals surface area contributed by atoms with Gasteiger partial charge in [-0.1, -0.05) is 49.0 Å². The molecule has 1 aromatic rings. The van der Waals surface area contributed by atoms with Crippen LogP contribution < -0.4 is 10.1 Å². The van der Waals surface area contributed by atoms with E-state index >= 15 is 0 Å². The molecule has 0 bridgehead atoms. The van der Waals surface area contributed by atoms with Crippen molar-refractivity contribution in [2.45, 2.75) is 65.5 Å². The van der Waals surface area contributed by atoms with Gasteiger partial charge < -0.3 is 10.1 Å². The number of halogens is 2. The minimum Gasteiger partial charge on any atom is -0.492 e. The van der Waals surface area contributed by atoms with Crippen LogP contribution in [0.5, 0.6) is 5.75 Å². The first-order chi connectivity index (χ1) is 10.1. The van der Waals surface area contributed by atoms with E-state index < -0.39 is 0 Å². The number of rotatable bonds is 10. The molecule has 0 aliphatic carbocycles. The van der Waals surface area contributed by atoms with E-state index in [-0.39, 0.29) is 0 Å². The lowest BCUT2D eigenvalue weighted by Gasteiger charge is -2.20. The fourth-order valence-electron chi connectivity index (χ4n) is 2.45. The lowest BCUT2D eigenvalue weighted by atomic mass is 10.0. The summed E-state index contributed by atoms with van der Waals surface area (Å²) in [6.45, 7) is 8.06. The van der Waals surface area contributed by atoms with Crippen LogP contribution in [0.4, 0.5) is 0 Å². The molecule has 0 amide bonds. The maximum atomic E-state index is 5.79. The Bertz CT molecular complexity index is 423. The fourth-order valence-corrected chi connectivity index (χ4v) is 3.88. The first-order valence-electron chi connectivity index (χ1n) is 7.96. The topological polar surface area (TPSA) is 21.3 Å². The highest BCUT2D eigenvalue weighted by Crippen LogP contribution is 2.33. The maximum Gasteiger partial charge on any atom is 0.138 e. The molecular weight excluding hydrogens is 394 g/mol. The van der Waals surface area contributed by atoms with Crippen LogP contribution in [0, 0.1) is 0 Å². The minimum absolute atomic E-state index is 0.599. The van der Waals surface area contributed by atoms with E-state index in [2.05, 4.69) is 57.1 Å². The molecule has 0 radical (unpaired) electrons. The third-order valence-electron chi connectivity index (χ3n) is 3.50. The molecule has 1 atom stereocenters. The average molecular weight is 421 g/mol. The highest BCUT2D eigenvalue weighted by atomic mass is 79.9. The van der Waals surface area contributed by atoms with Crippen LogP contribution in [0.25, 0.3) is 0 Å². The molecular formula is C17H27Br2NO. The summed E-state index contributed by atoms with van der Waals surface area (Å²) in [5, 5.41) is 3.70. The van der Waals surface area contributed by atoms with E-state index in [1.165, 1.54) is 37.7 Å². The van der Waals surface area contributed by atoms with E-state index in [9.17, 15) is 0 Å². The fraction of sp³-hybridized carbons (Fsp3) is 0.647. The van der Waals surface area contributed by atoms with Crippen LogP contribution in [-0.4, -0.2) is 12.6 Å². The zero-order valence-corrected chi connectivity index (χ0v) is 16.5. The standard InChI is InChI=1S/C17H27Br2NO/c1-4-7-9-15(8-5-2)20-12-13-10-14(18)11-16(19)17(13)21-6-3/h10-11,15,20H,4-9,12H2,1-3H3. The smallest absolute Gasteiger partial charge is 0.138 e. The largest absolute Gasteiger partial charge is 0.492 e. The Balaban J connectivity index is 2.75. The van der Waals surface area contributed by atoms with E-state index in [0.29, 0.717) is 12.6 Å². The quantitative estimate of drug-likeness (QED) is 0.496. The first-order valence-corrected chi connectivity index (χ1v) is 9.55. The highest BCUT2D eigenvalue weighted by molar-refractivity contribution is 9.11. The third-order valence-corrected chi connectivity index (χ3v) is 4.55. The molecule has 0 spiro atoms. The van der Waals surface area contributed by atoms with Crippen molar-refractivity contribution in [3.63, 3.8) is 0 Å².